The van der Waals surface area contributed by atoms with Gasteiger partial charge in [-0.3, -0.25) is 4.98 Å². The van der Waals surface area contributed by atoms with Gasteiger partial charge < -0.3 is 10.5 Å². The fraction of sp³-hybridized carbons (Fsp3) is 0.438. The predicted molar refractivity (Wildman–Crippen MR) is 78.6 cm³/mol. The molecule has 0 aliphatic heterocycles. The van der Waals surface area contributed by atoms with E-state index in [0.717, 1.165) is 10.9 Å². The number of pyridine rings is 1. The Labute approximate surface area is 122 Å². The Hall–Kier alpha value is -1.91. The van der Waals surface area contributed by atoms with Crippen LogP contribution in [0.5, 0.6) is 5.75 Å². The highest BCUT2D eigenvalue weighted by Gasteiger charge is 2.35. The highest BCUT2D eigenvalue weighted by Crippen LogP contribution is 2.36. The molecule has 0 saturated heterocycles. The zero-order valence-electron chi connectivity index (χ0n) is 11.7. The molecule has 2 aromatic rings. The molecule has 0 unspecified atom stereocenters. The summed E-state index contributed by atoms with van der Waals surface area (Å²) in [5.41, 5.74) is 7.29. The summed E-state index contributed by atoms with van der Waals surface area (Å²) in [6.45, 7) is 0.450. The third kappa shape index (κ3) is 3.06. The molecule has 3 rings (SSSR count). The van der Waals surface area contributed by atoms with Gasteiger partial charge in [-0.15, -0.1) is 0 Å². The minimum Gasteiger partial charge on any atom is -0.491 e. The van der Waals surface area contributed by atoms with Crippen LogP contribution in [0.3, 0.4) is 0 Å². The summed E-state index contributed by atoms with van der Waals surface area (Å²) in [5.74, 6) is -1.65. The van der Waals surface area contributed by atoms with Crippen LogP contribution in [0.2, 0.25) is 0 Å². The van der Waals surface area contributed by atoms with Gasteiger partial charge >= 0.3 is 0 Å². The molecule has 1 aliphatic carbocycles. The standard InChI is InChI=1S/C16H18F2N2O/c17-16(18)7-5-11(6-8-16)10-21-14-4-3-13(19)12-2-1-9-20-15(12)14/h1-4,9,11H,5-8,10,19H2. The number of nitrogens with zero attached hydrogens (tertiary/aromatic N) is 1. The lowest BCUT2D eigenvalue weighted by Gasteiger charge is -2.28. The molecule has 0 amide bonds. The highest BCUT2D eigenvalue weighted by atomic mass is 19.3. The second-order valence-electron chi connectivity index (χ2n) is 5.66. The van der Waals surface area contributed by atoms with E-state index in [1.54, 1.807) is 18.3 Å². The molecule has 1 heterocycles. The number of hydrogen-bond acceptors (Lipinski definition) is 3. The number of alkyl halides is 2. The number of fused-ring (bicyclic) bond motifs is 1. The van der Waals surface area contributed by atoms with E-state index in [1.807, 2.05) is 12.1 Å². The molecule has 1 aromatic heterocycles. The molecular weight excluding hydrogens is 274 g/mol. The first kappa shape index (κ1) is 14.0. The number of nitrogen functional groups attached to an aromatic ring is 1. The Morgan fingerprint density at radius 1 is 1.24 bits per heavy atom. The number of aromatic nitrogens is 1. The lowest BCUT2D eigenvalue weighted by atomic mass is 9.87. The third-order valence-corrected chi connectivity index (χ3v) is 4.08. The van der Waals surface area contributed by atoms with E-state index in [1.165, 1.54) is 0 Å². The zero-order chi connectivity index (χ0) is 14.9. The number of anilines is 1. The van der Waals surface area contributed by atoms with E-state index in [4.69, 9.17) is 10.5 Å². The van der Waals surface area contributed by atoms with E-state index in [2.05, 4.69) is 4.98 Å². The van der Waals surface area contributed by atoms with Crippen LogP contribution in [0.25, 0.3) is 10.9 Å². The zero-order valence-corrected chi connectivity index (χ0v) is 11.7. The first-order valence-corrected chi connectivity index (χ1v) is 7.19. The largest absolute Gasteiger partial charge is 0.491 e. The Kier molecular flexibility index (Phi) is 3.66. The van der Waals surface area contributed by atoms with Crippen LogP contribution in [0.1, 0.15) is 25.7 Å². The topological polar surface area (TPSA) is 48.1 Å². The van der Waals surface area contributed by atoms with Gasteiger partial charge in [-0.1, -0.05) is 0 Å². The normalized spacial score (nSPS) is 18.8. The molecule has 5 heteroatoms. The van der Waals surface area contributed by atoms with Crippen molar-refractivity contribution in [3.05, 3.63) is 30.5 Å². The van der Waals surface area contributed by atoms with Gasteiger partial charge in [-0.2, -0.15) is 0 Å². The monoisotopic (exact) mass is 292 g/mol. The number of nitrogens with two attached hydrogens (primary N) is 1. The van der Waals surface area contributed by atoms with Gasteiger partial charge in [0.05, 0.1) is 6.61 Å². The van der Waals surface area contributed by atoms with Gasteiger partial charge in [0, 0.05) is 30.1 Å². The van der Waals surface area contributed by atoms with Crippen molar-refractivity contribution < 1.29 is 13.5 Å². The molecular formula is C16H18F2N2O. The van der Waals surface area contributed by atoms with Crippen molar-refractivity contribution >= 4 is 16.6 Å². The maximum atomic E-state index is 13.1. The van der Waals surface area contributed by atoms with E-state index in [0.29, 0.717) is 30.9 Å². The van der Waals surface area contributed by atoms with Gasteiger partial charge in [0.1, 0.15) is 11.3 Å². The highest BCUT2D eigenvalue weighted by molar-refractivity contribution is 5.94. The SMILES string of the molecule is Nc1ccc(OCC2CCC(F)(F)CC2)c2ncccc12. The predicted octanol–water partition coefficient (Wildman–Crippen LogP) is 4.02. The van der Waals surface area contributed by atoms with Crippen LogP contribution in [0.4, 0.5) is 14.5 Å². The van der Waals surface area contributed by atoms with Crippen molar-refractivity contribution in [1.82, 2.24) is 4.98 Å². The summed E-state index contributed by atoms with van der Waals surface area (Å²) in [6, 6.07) is 7.30. The van der Waals surface area contributed by atoms with Crippen molar-refractivity contribution in [1.29, 1.82) is 0 Å². The van der Waals surface area contributed by atoms with Crippen LogP contribution in [0.15, 0.2) is 30.5 Å². The Morgan fingerprint density at radius 2 is 2.00 bits per heavy atom. The van der Waals surface area contributed by atoms with Crippen LogP contribution in [-0.2, 0) is 0 Å². The summed E-state index contributed by atoms with van der Waals surface area (Å²) in [4.78, 5) is 4.30. The first-order valence-electron chi connectivity index (χ1n) is 7.19. The molecule has 2 N–H and O–H groups in total. The lowest BCUT2D eigenvalue weighted by Crippen LogP contribution is -2.27. The number of hydrogen-bond donors (Lipinski definition) is 1. The van der Waals surface area contributed by atoms with E-state index >= 15 is 0 Å². The molecule has 1 aromatic carbocycles. The molecule has 0 bridgehead atoms. The maximum Gasteiger partial charge on any atom is 0.248 e. The van der Waals surface area contributed by atoms with Crippen molar-refractivity contribution in [3.8, 4) is 5.75 Å². The maximum absolute atomic E-state index is 13.1. The van der Waals surface area contributed by atoms with E-state index in [9.17, 15) is 8.78 Å². The fourth-order valence-corrected chi connectivity index (χ4v) is 2.76. The number of rotatable bonds is 3. The fourth-order valence-electron chi connectivity index (χ4n) is 2.76. The van der Waals surface area contributed by atoms with E-state index < -0.39 is 5.92 Å². The molecule has 0 atom stereocenters. The molecule has 1 aliphatic rings. The molecule has 21 heavy (non-hydrogen) atoms. The van der Waals surface area contributed by atoms with Gasteiger partial charge in [0.15, 0.2) is 0 Å². The average Bonchev–Trinajstić information content (AvgIpc) is 2.48. The minimum absolute atomic E-state index is 0.0399. The summed E-state index contributed by atoms with van der Waals surface area (Å²) >= 11 is 0. The summed E-state index contributed by atoms with van der Waals surface area (Å²) in [7, 11) is 0. The van der Waals surface area contributed by atoms with Gasteiger partial charge in [0.25, 0.3) is 0 Å². The Morgan fingerprint density at radius 3 is 2.76 bits per heavy atom. The summed E-state index contributed by atoms with van der Waals surface area (Å²) < 4.78 is 32.1. The van der Waals surface area contributed by atoms with Gasteiger partial charge in [-0.25, -0.2) is 8.78 Å². The van der Waals surface area contributed by atoms with Crippen LogP contribution < -0.4 is 10.5 Å². The lowest BCUT2D eigenvalue weighted by molar-refractivity contribution is -0.0498. The second kappa shape index (κ2) is 5.47. The minimum atomic E-state index is -2.49. The quantitative estimate of drug-likeness (QED) is 0.869. The molecule has 112 valence electrons. The molecule has 1 fully saturated rings. The van der Waals surface area contributed by atoms with Crippen LogP contribution in [0, 0.1) is 5.92 Å². The molecule has 0 spiro atoms. The Bertz CT molecular complexity index is 635. The van der Waals surface area contributed by atoms with Crippen LogP contribution >= 0.6 is 0 Å². The molecule has 0 radical (unpaired) electrons. The third-order valence-electron chi connectivity index (χ3n) is 4.08. The average molecular weight is 292 g/mol. The smallest absolute Gasteiger partial charge is 0.248 e. The number of halogens is 2. The van der Waals surface area contributed by atoms with Gasteiger partial charge in [0.2, 0.25) is 5.92 Å². The van der Waals surface area contributed by atoms with E-state index in [-0.39, 0.29) is 18.8 Å². The number of benzene rings is 1. The van der Waals surface area contributed by atoms with Crippen molar-refractivity contribution in [2.75, 3.05) is 12.3 Å². The van der Waals surface area contributed by atoms with Crippen LogP contribution in [-0.4, -0.2) is 17.5 Å². The van der Waals surface area contributed by atoms with Crippen molar-refractivity contribution in [2.45, 2.75) is 31.6 Å². The van der Waals surface area contributed by atoms with Gasteiger partial charge in [-0.05, 0) is 43.0 Å². The summed E-state index contributed by atoms with van der Waals surface area (Å²) in [5, 5.41) is 0.852. The van der Waals surface area contributed by atoms with Crippen molar-refractivity contribution in [2.24, 2.45) is 5.92 Å². The molecule has 1 saturated carbocycles. The van der Waals surface area contributed by atoms with Crippen molar-refractivity contribution in [3.63, 3.8) is 0 Å². The first-order chi connectivity index (χ1) is 10.1. The Balaban J connectivity index is 1.70. The second-order valence-corrected chi connectivity index (χ2v) is 5.66. The molecule has 3 nitrogen and oxygen atoms in total. The number of ether oxygens (including phenoxy) is 1. The summed E-state index contributed by atoms with van der Waals surface area (Å²) in [6.07, 6.45) is 2.62.